The number of rotatable bonds is 6. The molecule has 1 aromatic carbocycles. The predicted molar refractivity (Wildman–Crippen MR) is 72.0 cm³/mol. The molecule has 0 bridgehead atoms. The fraction of sp³-hybridized carbons (Fsp3) is 0.357. The second-order valence-corrected chi connectivity index (χ2v) is 4.19. The molecule has 0 radical (unpaired) electrons. The summed E-state index contributed by atoms with van der Waals surface area (Å²) >= 11 is 0. The molecule has 108 valence electrons. The molecule has 0 saturated carbocycles. The van der Waals surface area contributed by atoms with Crippen molar-refractivity contribution in [2.75, 3.05) is 6.54 Å². The van der Waals surface area contributed by atoms with Gasteiger partial charge in [-0.1, -0.05) is 19.4 Å². The number of unbranched alkanes of at least 4 members (excludes halogenated alkanes) is 1. The molecule has 0 fully saturated rings. The van der Waals surface area contributed by atoms with E-state index < -0.39 is 17.8 Å². The summed E-state index contributed by atoms with van der Waals surface area (Å²) in [6.45, 7) is 3.62. The normalized spacial score (nSPS) is 9.90. The molecule has 20 heavy (non-hydrogen) atoms. The molecule has 1 amide bonds. The number of benzene rings is 1. The summed E-state index contributed by atoms with van der Waals surface area (Å²) in [5.41, 5.74) is -0.181. The summed E-state index contributed by atoms with van der Waals surface area (Å²) in [4.78, 5) is 34.2. The molecular weight excluding hydrogens is 262 g/mol. The van der Waals surface area contributed by atoms with E-state index in [0.717, 1.165) is 19.8 Å². The highest BCUT2D eigenvalue weighted by molar-refractivity contribution is 6.02. The Morgan fingerprint density at radius 2 is 1.90 bits per heavy atom. The van der Waals surface area contributed by atoms with E-state index in [2.05, 4.69) is 5.32 Å². The van der Waals surface area contributed by atoms with Gasteiger partial charge in [0, 0.05) is 13.5 Å². The minimum Gasteiger partial charge on any atom is -0.478 e. The van der Waals surface area contributed by atoms with Crippen molar-refractivity contribution in [1.29, 1.82) is 0 Å². The van der Waals surface area contributed by atoms with Crippen molar-refractivity contribution >= 4 is 17.8 Å². The molecule has 0 spiro atoms. The van der Waals surface area contributed by atoms with E-state index in [0.29, 0.717) is 6.54 Å². The fourth-order valence-electron chi connectivity index (χ4n) is 1.61. The lowest BCUT2D eigenvalue weighted by Gasteiger charge is -2.11. The Kier molecular flexibility index (Phi) is 5.71. The van der Waals surface area contributed by atoms with Crippen molar-refractivity contribution in [1.82, 2.24) is 5.32 Å². The molecule has 0 aliphatic carbocycles. The predicted octanol–water partition coefficient (Wildman–Crippen LogP) is 1.84. The SMILES string of the molecule is CCCCNC(=O)c1cccc(C(=O)O)c1OC(C)=O. The summed E-state index contributed by atoms with van der Waals surface area (Å²) in [6.07, 6.45) is 1.74. The first-order valence-electron chi connectivity index (χ1n) is 6.30. The smallest absolute Gasteiger partial charge is 0.339 e. The quantitative estimate of drug-likeness (QED) is 0.471. The molecule has 1 rings (SSSR count). The first-order chi connectivity index (χ1) is 9.47. The third kappa shape index (κ3) is 4.08. The molecule has 0 unspecified atom stereocenters. The zero-order valence-corrected chi connectivity index (χ0v) is 11.4. The van der Waals surface area contributed by atoms with Gasteiger partial charge in [0.1, 0.15) is 5.56 Å². The number of esters is 1. The third-order valence-electron chi connectivity index (χ3n) is 2.55. The van der Waals surface area contributed by atoms with E-state index in [1.165, 1.54) is 18.2 Å². The van der Waals surface area contributed by atoms with Crippen LogP contribution in [-0.2, 0) is 4.79 Å². The van der Waals surface area contributed by atoms with E-state index in [4.69, 9.17) is 9.84 Å². The number of carbonyl (C=O) groups is 3. The summed E-state index contributed by atoms with van der Waals surface area (Å²) in [5, 5.41) is 11.7. The topological polar surface area (TPSA) is 92.7 Å². The van der Waals surface area contributed by atoms with Crippen LogP contribution in [0.5, 0.6) is 5.75 Å². The molecule has 0 atom stereocenters. The molecule has 0 heterocycles. The van der Waals surface area contributed by atoms with Gasteiger partial charge in [-0.2, -0.15) is 0 Å². The first kappa shape index (κ1) is 15.7. The molecule has 2 N–H and O–H groups in total. The third-order valence-corrected chi connectivity index (χ3v) is 2.55. The zero-order chi connectivity index (χ0) is 15.1. The Labute approximate surface area is 116 Å². The van der Waals surface area contributed by atoms with Crippen molar-refractivity contribution in [3.63, 3.8) is 0 Å². The van der Waals surface area contributed by atoms with Gasteiger partial charge >= 0.3 is 11.9 Å². The molecule has 0 aliphatic rings. The van der Waals surface area contributed by atoms with Gasteiger partial charge in [-0.05, 0) is 18.6 Å². The van der Waals surface area contributed by atoms with Crippen LogP contribution in [0.1, 0.15) is 47.4 Å². The Bertz CT molecular complexity index is 524. The maximum absolute atomic E-state index is 12.0. The Balaban J connectivity index is 3.10. The number of carboxylic acids is 1. The molecule has 0 aliphatic heterocycles. The van der Waals surface area contributed by atoms with Crippen LogP contribution in [0.15, 0.2) is 18.2 Å². The van der Waals surface area contributed by atoms with E-state index in [9.17, 15) is 14.4 Å². The number of amides is 1. The van der Waals surface area contributed by atoms with Crippen LogP contribution >= 0.6 is 0 Å². The second-order valence-electron chi connectivity index (χ2n) is 4.19. The van der Waals surface area contributed by atoms with Gasteiger partial charge in [0.05, 0.1) is 5.56 Å². The molecule has 0 aromatic heterocycles. The van der Waals surface area contributed by atoms with Crippen molar-refractivity contribution in [3.8, 4) is 5.75 Å². The van der Waals surface area contributed by atoms with Crippen LogP contribution in [0.2, 0.25) is 0 Å². The number of ether oxygens (including phenoxy) is 1. The van der Waals surface area contributed by atoms with Gasteiger partial charge in [-0.25, -0.2) is 4.79 Å². The lowest BCUT2D eigenvalue weighted by atomic mass is 10.1. The summed E-state index contributed by atoms with van der Waals surface area (Å²) < 4.78 is 4.88. The van der Waals surface area contributed by atoms with Gasteiger partial charge in [0.15, 0.2) is 5.75 Å². The van der Waals surface area contributed by atoms with Crippen LogP contribution in [0, 0.1) is 0 Å². The van der Waals surface area contributed by atoms with Crippen LogP contribution in [0.4, 0.5) is 0 Å². The first-order valence-corrected chi connectivity index (χ1v) is 6.30. The van der Waals surface area contributed by atoms with Crippen LogP contribution < -0.4 is 10.1 Å². The van der Waals surface area contributed by atoms with Gasteiger partial charge in [0.2, 0.25) is 0 Å². The number of carboxylic acid groups (broad SMARTS) is 1. The summed E-state index contributed by atoms with van der Waals surface area (Å²) in [6, 6.07) is 4.14. The number of para-hydroxylation sites is 1. The number of nitrogens with one attached hydrogen (secondary N) is 1. The van der Waals surface area contributed by atoms with Gasteiger partial charge < -0.3 is 15.2 Å². The van der Waals surface area contributed by atoms with E-state index >= 15 is 0 Å². The number of hydrogen-bond acceptors (Lipinski definition) is 4. The van der Waals surface area contributed by atoms with E-state index in [1.54, 1.807) is 0 Å². The highest BCUT2D eigenvalue weighted by atomic mass is 16.5. The molecule has 6 heteroatoms. The minimum absolute atomic E-state index is 0.0382. The molecule has 6 nitrogen and oxygen atoms in total. The molecule has 0 saturated heterocycles. The highest BCUT2D eigenvalue weighted by Gasteiger charge is 2.21. The number of hydrogen-bond donors (Lipinski definition) is 2. The fourth-order valence-corrected chi connectivity index (χ4v) is 1.61. The van der Waals surface area contributed by atoms with Crippen molar-refractivity contribution in [2.45, 2.75) is 26.7 Å². The van der Waals surface area contributed by atoms with E-state index in [-0.39, 0.29) is 16.9 Å². The average Bonchev–Trinajstić information content (AvgIpc) is 2.38. The summed E-state index contributed by atoms with van der Waals surface area (Å²) in [7, 11) is 0. The van der Waals surface area contributed by atoms with Gasteiger partial charge in [-0.3, -0.25) is 9.59 Å². The van der Waals surface area contributed by atoms with E-state index in [1.807, 2.05) is 6.92 Å². The van der Waals surface area contributed by atoms with Crippen LogP contribution in [-0.4, -0.2) is 29.5 Å². The monoisotopic (exact) mass is 279 g/mol. The number of aromatic carboxylic acids is 1. The lowest BCUT2D eigenvalue weighted by Crippen LogP contribution is -2.26. The van der Waals surface area contributed by atoms with Crippen molar-refractivity contribution in [2.24, 2.45) is 0 Å². The maximum atomic E-state index is 12.0. The highest BCUT2D eigenvalue weighted by Crippen LogP contribution is 2.24. The minimum atomic E-state index is -1.26. The maximum Gasteiger partial charge on any atom is 0.339 e. The molecular formula is C14H17NO5. The number of carbonyl (C=O) groups excluding carboxylic acids is 2. The summed E-state index contributed by atoms with van der Waals surface area (Å²) in [5.74, 6) is -2.62. The lowest BCUT2D eigenvalue weighted by molar-refractivity contribution is -0.131. The molecule has 1 aromatic rings. The Morgan fingerprint density at radius 1 is 1.25 bits per heavy atom. The second kappa shape index (κ2) is 7.28. The van der Waals surface area contributed by atoms with Gasteiger partial charge in [0.25, 0.3) is 5.91 Å². The Morgan fingerprint density at radius 3 is 2.45 bits per heavy atom. The van der Waals surface area contributed by atoms with Crippen LogP contribution in [0.25, 0.3) is 0 Å². The largest absolute Gasteiger partial charge is 0.478 e. The average molecular weight is 279 g/mol. The van der Waals surface area contributed by atoms with Crippen molar-refractivity contribution < 1.29 is 24.2 Å². The zero-order valence-electron chi connectivity index (χ0n) is 11.4. The van der Waals surface area contributed by atoms with Crippen LogP contribution in [0.3, 0.4) is 0 Å². The Hall–Kier alpha value is -2.37. The van der Waals surface area contributed by atoms with Gasteiger partial charge in [-0.15, -0.1) is 0 Å². The standard InChI is InChI=1S/C14H17NO5/c1-3-4-8-15-13(17)10-6-5-7-11(14(18)19)12(10)20-9(2)16/h5-7H,3-4,8H2,1-2H3,(H,15,17)(H,18,19). The van der Waals surface area contributed by atoms with Crippen molar-refractivity contribution in [3.05, 3.63) is 29.3 Å².